The molecule has 0 aliphatic heterocycles. The average Bonchev–Trinajstić information content (AvgIpc) is 2.27. The zero-order valence-electron chi connectivity index (χ0n) is 11.9. The van der Waals surface area contributed by atoms with Crippen molar-refractivity contribution in [2.24, 2.45) is 5.92 Å². The van der Waals surface area contributed by atoms with Crippen molar-refractivity contribution in [3.63, 3.8) is 0 Å². The van der Waals surface area contributed by atoms with Crippen LogP contribution in [0.5, 0.6) is 0 Å². The Bertz CT molecular complexity index is 429. The van der Waals surface area contributed by atoms with Crippen molar-refractivity contribution in [1.82, 2.24) is 4.90 Å². The lowest BCUT2D eigenvalue weighted by Gasteiger charge is -2.27. The number of carboxylic acid groups (broad SMARTS) is 1. The Morgan fingerprint density at radius 1 is 1.33 bits per heavy atom. The standard InChI is InChI=1S/C15H23NO2/c1-10-6-7-14(11(2)8-10)13(4)16(5)9-12(3)15(17)18/h6-8,12-13H,9H2,1-5H3,(H,17,18). The number of aliphatic carboxylic acids is 1. The van der Waals surface area contributed by atoms with Crippen LogP contribution in [0.25, 0.3) is 0 Å². The largest absolute Gasteiger partial charge is 0.481 e. The second-order valence-corrected chi connectivity index (χ2v) is 5.21. The molecule has 3 nitrogen and oxygen atoms in total. The van der Waals surface area contributed by atoms with Crippen molar-refractivity contribution < 1.29 is 9.90 Å². The van der Waals surface area contributed by atoms with E-state index in [1.807, 2.05) is 7.05 Å². The minimum atomic E-state index is -0.741. The molecule has 0 aliphatic rings. The fraction of sp³-hybridized carbons (Fsp3) is 0.533. The molecular weight excluding hydrogens is 226 g/mol. The number of aryl methyl sites for hydroxylation is 2. The normalized spacial score (nSPS) is 14.6. The maximum Gasteiger partial charge on any atom is 0.307 e. The highest BCUT2D eigenvalue weighted by molar-refractivity contribution is 5.69. The fourth-order valence-electron chi connectivity index (χ4n) is 2.20. The van der Waals surface area contributed by atoms with Crippen LogP contribution < -0.4 is 0 Å². The van der Waals surface area contributed by atoms with Gasteiger partial charge in [-0.15, -0.1) is 0 Å². The van der Waals surface area contributed by atoms with Gasteiger partial charge in [-0.25, -0.2) is 0 Å². The molecule has 3 heteroatoms. The molecule has 2 unspecified atom stereocenters. The molecule has 2 atom stereocenters. The molecule has 0 bridgehead atoms. The summed E-state index contributed by atoms with van der Waals surface area (Å²) in [5.74, 6) is -1.09. The van der Waals surface area contributed by atoms with E-state index >= 15 is 0 Å². The first-order valence-corrected chi connectivity index (χ1v) is 6.33. The Kier molecular flexibility index (Phi) is 4.91. The zero-order valence-corrected chi connectivity index (χ0v) is 11.9. The van der Waals surface area contributed by atoms with E-state index in [4.69, 9.17) is 5.11 Å². The van der Waals surface area contributed by atoms with Crippen LogP contribution in [0.4, 0.5) is 0 Å². The number of nitrogens with zero attached hydrogens (tertiary/aromatic N) is 1. The highest BCUT2D eigenvalue weighted by Gasteiger charge is 2.19. The summed E-state index contributed by atoms with van der Waals surface area (Å²) in [6.07, 6.45) is 0. The number of benzene rings is 1. The van der Waals surface area contributed by atoms with Crippen LogP contribution in [0.3, 0.4) is 0 Å². The molecule has 18 heavy (non-hydrogen) atoms. The fourth-order valence-corrected chi connectivity index (χ4v) is 2.20. The number of hydrogen-bond donors (Lipinski definition) is 1. The predicted molar refractivity (Wildman–Crippen MR) is 73.8 cm³/mol. The topological polar surface area (TPSA) is 40.5 Å². The van der Waals surface area contributed by atoms with Gasteiger partial charge in [0.1, 0.15) is 0 Å². The summed E-state index contributed by atoms with van der Waals surface area (Å²) in [4.78, 5) is 13.0. The molecule has 0 aliphatic carbocycles. The van der Waals surface area contributed by atoms with Gasteiger partial charge in [-0.3, -0.25) is 9.69 Å². The number of hydrogen-bond acceptors (Lipinski definition) is 2. The third-order valence-electron chi connectivity index (χ3n) is 3.52. The van der Waals surface area contributed by atoms with E-state index in [1.165, 1.54) is 16.7 Å². The second kappa shape index (κ2) is 6.01. The first-order chi connectivity index (χ1) is 8.32. The third-order valence-corrected chi connectivity index (χ3v) is 3.52. The summed E-state index contributed by atoms with van der Waals surface area (Å²) in [5, 5.41) is 8.95. The molecule has 0 heterocycles. The van der Waals surface area contributed by atoms with Gasteiger partial charge in [-0.05, 0) is 38.9 Å². The minimum Gasteiger partial charge on any atom is -0.481 e. The molecule has 1 aromatic rings. The van der Waals surface area contributed by atoms with Crippen molar-refractivity contribution in [3.8, 4) is 0 Å². The van der Waals surface area contributed by atoms with E-state index in [1.54, 1.807) is 6.92 Å². The van der Waals surface area contributed by atoms with Crippen LogP contribution in [0.2, 0.25) is 0 Å². The van der Waals surface area contributed by atoms with Gasteiger partial charge in [0, 0.05) is 12.6 Å². The molecule has 0 fully saturated rings. The Hall–Kier alpha value is -1.35. The van der Waals surface area contributed by atoms with Gasteiger partial charge in [0.25, 0.3) is 0 Å². The highest BCUT2D eigenvalue weighted by atomic mass is 16.4. The summed E-state index contributed by atoms with van der Waals surface area (Å²) in [7, 11) is 1.98. The van der Waals surface area contributed by atoms with E-state index in [2.05, 4.69) is 43.9 Å². The van der Waals surface area contributed by atoms with Crippen molar-refractivity contribution in [2.75, 3.05) is 13.6 Å². The molecule has 0 saturated heterocycles. The van der Waals surface area contributed by atoms with Gasteiger partial charge in [-0.1, -0.05) is 30.7 Å². The SMILES string of the molecule is Cc1ccc(C(C)N(C)CC(C)C(=O)O)c(C)c1. The van der Waals surface area contributed by atoms with Gasteiger partial charge < -0.3 is 5.11 Å². The molecule has 1 rings (SSSR count). The quantitative estimate of drug-likeness (QED) is 0.872. The van der Waals surface area contributed by atoms with Crippen LogP contribution in [-0.2, 0) is 4.79 Å². The van der Waals surface area contributed by atoms with Gasteiger partial charge >= 0.3 is 5.97 Å². The van der Waals surface area contributed by atoms with Crippen molar-refractivity contribution in [2.45, 2.75) is 33.7 Å². The molecule has 0 radical (unpaired) electrons. The Morgan fingerprint density at radius 3 is 2.44 bits per heavy atom. The van der Waals surface area contributed by atoms with Crippen LogP contribution in [0.1, 0.15) is 36.6 Å². The Morgan fingerprint density at radius 2 is 1.94 bits per heavy atom. The maximum atomic E-state index is 10.9. The number of carboxylic acids is 1. The van der Waals surface area contributed by atoms with Crippen LogP contribution in [-0.4, -0.2) is 29.6 Å². The molecule has 0 amide bonds. The van der Waals surface area contributed by atoms with E-state index in [0.29, 0.717) is 6.54 Å². The first kappa shape index (κ1) is 14.7. The summed E-state index contributed by atoms with van der Waals surface area (Å²) in [6.45, 7) is 8.61. The van der Waals surface area contributed by atoms with Gasteiger partial charge in [0.2, 0.25) is 0 Å². The number of carbonyl (C=O) groups is 1. The summed E-state index contributed by atoms with van der Waals surface area (Å²) < 4.78 is 0. The Balaban J connectivity index is 2.80. The second-order valence-electron chi connectivity index (χ2n) is 5.21. The summed E-state index contributed by atoms with van der Waals surface area (Å²) in [6, 6.07) is 6.64. The monoisotopic (exact) mass is 249 g/mol. The molecule has 1 N–H and O–H groups in total. The first-order valence-electron chi connectivity index (χ1n) is 6.33. The van der Waals surface area contributed by atoms with Gasteiger partial charge in [0.05, 0.1) is 5.92 Å². The average molecular weight is 249 g/mol. The molecule has 0 saturated carbocycles. The summed E-state index contributed by atoms with van der Waals surface area (Å²) in [5.41, 5.74) is 3.78. The number of rotatable bonds is 5. The van der Waals surface area contributed by atoms with E-state index in [9.17, 15) is 4.79 Å². The molecule has 100 valence electrons. The lowest BCUT2D eigenvalue weighted by Crippen LogP contribution is -2.31. The van der Waals surface area contributed by atoms with Crippen molar-refractivity contribution in [1.29, 1.82) is 0 Å². The minimum absolute atomic E-state index is 0.229. The van der Waals surface area contributed by atoms with Crippen molar-refractivity contribution >= 4 is 5.97 Å². The summed E-state index contributed by atoms with van der Waals surface area (Å²) >= 11 is 0. The maximum absolute atomic E-state index is 10.9. The van der Waals surface area contributed by atoms with Crippen LogP contribution in [0.15, 0.2) is 18.2 Å². The van der Waals surface area contributed by atoms with Crippen molar-refractivity contribution in [3.05, 3.63) is 34.9 Å². The Labute approximate surface area is 109 Å². The van der Waals surface area contributed by atoms with Crippen LogP contribution >= 0.6 is 0 Å². The lowest BCUT2D eigenvalue weighted by atomic mass is 9.99. The van der Waals surface area contributed by atoms with E-state index in [-0.39, 0.29) is 12.0 Å². The van der Waals surface area contributed by atoms with E-state index < -0.39 is 5.97 Å². The highest BCUT2D eigenvalue weighted by Crippen LogP contribution is 2.23. The lowest BCUT2D eigenvalue weighted by molar-refractivity contribution is -0.141. The molecule has 1 aromatic carbocycles. The molecular formula is C15H23NO2. The smallest absolute Gasteiger partial charge is 0.307 e. The zero-order chi connectivity index (χ0) is 13.9. The van der Waals surface area contributed by atoms with Gasteiger partial charge in [0.15, 0.2) is 0 Å². The van der Waals surface area contributed by atoms with Gasteiger partial charge in [-0.2, -0.15) is 0 Å². The van der Waals surface area contributed by atoms with E-state index in [0.717, 1.165) is 0 Å². The predicted octanol–water partition coefficient (Wildman–Crippen LogP) is 3.02. The molecule has 0 aromatic heterocycles. The third kappa shape index (κ3) is 3.57. The molecule has 0 spiro atoms. The van der Waals surface area contributed by atoms with Crippen LogP contribution in [0, 0.1) is 19.8 Å².